The zero-order chi connectivity index (χ0) is 13.1. The Labute approximate surface area is 113 Å². The minimum atomic E-state index is 0.680. The van der Waals surface area contributed by atoms with Crippen LogP contribution in [0.5, 0.6) is 0 Å². The third-order valence-electron chi connectivity index (χ3n) is 3.73. The zero-order valence-corrected chi connectivity index (χ0v) is 11.4. The molecule has 4 heteroatoms. The molecule has 0 bridgehead atoms. The molecule has 1 unspecified atom stereocenters. The molecule has 2 N–H and O–H groups in total. The van der Waals surface area contributed by atoms with Gasteiger partial charge in [-0.1, -0.05) is 6.42 Å². The molecule has 4 nitrogen and oxygen atoms in total. The van der Waals surface area contributed by atoms with E-state index in [1.165, 1.54) is 32.2 Å². The van der Waals surface area contributed by atoms with Crippen molar-refractivity contribution in [3.05, 3.63) is 24.1 Å². The van der Waals surface area contributed by atoms with Crippen LogP contribution in [0.1, 0.15) is 31.6 Å². The van der Waals surface area contributed by atoms with Crippen LogP contribution in [0, 0.1) is 6.92 Å². The first-order valence-corrected chi connectivity index (χ1v) is 7.16. The minimum absolute atomic E-state index is 0.680. The van der Waals surface area contributed by atoms with Gasteiger partial charge in [-0.15, -0.1) is 0 Å². The van der Waals surface area contributed by atoms with Crippen LogP contribution in [-0.4, -0.2) is 24.1 Å². The number of nitrogens with one attached hydrogen (secondary N) is 2. The summed E-state index contributed by atoms with van der Waals surface area (Å²) >= 11 is 0. The molecule has 0 spiro atoms. The number of hydrogen-bond acceptors (Lipinski definition) is 4. The molecule has 0 saturated carbocycles. The summed E-state index contributed by atoms with van der Waals surface area (Å²) in [7, 11) is 0. The largest absolute Gasteiger partial charge is 0.441 e. The van der Waals surface area contributed by atoms with Crippen molar-refractivity contribution in [2.75, 3.05) is 18.4 Å². The molecule has 1 aliphatic rings. The molecule has 2 aromatic rings. The molecular formula is C15H21N3O. The summed E-state index contributed by atoms with van der Waals surface area (Å²) in [6.45, 7) is 4.05. The fourth-order valence-corrected chi connectivity index (χ4v) is 2.71. The number of benzene rings is 1. The standard InChI is InChI=1S/C15H21N3O/c1-11-18-14-10-13(5-6-15(14)19-11)17-9-7-12-4-2-3-8-16-12/h5-6,10,12,16-17H,2-4,7-9H2,1H3. The third-order valence-corrected chi connectivity index (χ3v) is 3.73. The molecule has 102 valence electrons. The topological polar surface area (TPSA) is 50.1 Å². The molecule has 1 aromatic carbocycles. The number of oxazole rings is 1. The Bertz CT molecular complexity index is 543. The minimum Gasteiger partial charge on any atom is -0.441 e. The molecule has 0 aliphatic carbocycles. The Morgan fingerprint density at radius 2 is 2.37 bits per heavy atom. The van der Waals surface area contributed by atoms with E-state index in [0.29, 0.717) is 6.04 Å². The van der Waals surface area contributed by atoms with E-state index in [1.54, 1.807) is 0 Å². The first kappa shape index (κ1) is 12.5. The molecule has 2 heterocycles. The van der Waals surface area contributed by atoms with Crippen molar-refractivity contribution in [3.8, 4) is 0 Å². The number of fused-ring (bicyclic) bond motifs is 1. The van der Waals surface area contributed by atoms with Gasteiger partial charge >= 0.3 is 0 Å². The Morgan fingerprint density at radius 1 is 1.42 bits per heavy atom. The zero-order valence-electron chi connectivity index (χ0n) is 11.4. The molecule has 1 aliphatic heterocycles. The van der Waals surface area contributed by atoms with Crippen LogP contribution in [0.2, 0.25) is 0 Å². The Morgan fingerprint density at radius 3 is 3.21 bits per heavy atom. The second-order valence-electron chi connectivity index (χ2n) is 5.28. The van der Waals surface area contributed by atoms with Crippen molar-refractivity contribution in [3.63, 3.8) is 0 Å². The summed E-state index contributed by atoms with van der Waals surface area (Å²) in [5, 5.41) is 7.04. The van der Waals surface area contributed by atoms with Gasteiger partial charge in [-0.25, -0.2) is 4.98 Å². The number of aromatic nitrogens is 1. The van der Waals surface area contributed by atoms with Crippen molar-refractivity contribution in [2.24, 2.45) is 0 Å². The lowest BCUT2D eigenvalue weighted by atomic mass is 10.0. The van der Waals surface area contributed by atoms with Gasteiger partial charge in [0.2, 0.25) is 0 Å². The lowest BCUT2D eigenvalue weighted by molar-refractivity contribution is 0.389. The second-order valence-corrected chi connectivity index (χ2v) is 5.28. The molecule has 1 atom stereocenters. The van der Waals surface area contributed by atoms with E-state index in [4.69, 9.17) is 4.42 Å². The maximum atomic E-state index is 5.47. The van der Waals surface area contributed by atoms with Gasteiger partial charge in [-0.3, -0.25) is 0 Å². The number of nitrogens with zero attached hydrogens (tertiary/aromatic N) is 1. The SMILES string of the molecule is Cc1nc2cc(NCCC3CCCCN3)ccc2o1. The molecule has 3 rings (SSSR count). The summed E-state index contributed by atoms with van der Waals surface area (Å²) in [5.74, 6) is 0.721. The first-order chi connectivity index (χ1) is 9.31. The van der Waals surface area contributed by atoms with Crippen LogP contribution in [0.3, 0.4) is 0 Å². The van der Waals surface area contributed by atoms with Gasteiger partial charge in [0.15, 0.2) is 11.5 Å². The normalized spacial score (nSPS) is 19.7. The van der Waals surface area contributed by atoms with Crippen LogP contribution in [0.4, 0.5) is 5.69 Å². The second kappa shape index (κ2) is 5.61. The number of piperidine rings is 1. The lowest BCUT2D eigenvalue weighted by Crippen LogP contribution is -2.35. The van der Waals surface area contributed by atoms with Gasteiger partial charge in [-0.2, -0.15) is 0 Å². The summed E-state index contributed by atoms with van der Waals surface area (Å²) in [6, 6.07) is 6.78. The Balaban J connectivity index is 1.55. The highest BCUT2D eigenvalue weighted by Gasteiger charge is 2.11. The molecule has 0 radical (unpaired) electrons. The fraction of sp³-hybridized carbons (Fsp3) is 0.533. The van der Waals surface area contributed by atoms with Crippen molar-refractivity contribution in [1.29, 1.82) is 0 Å². The predicted molar refractivity (Wildman–Crippen MR) is 77.5 cm³/mol. The summed E-state index contributed by atoms with van der Waals surface area (Å²) in [4.78, 5) is 4.35. The number of aryl methyl sites for hydroxylation is 1. The third kappa shape index (κ3) is 3.07. The maximum absolute atomic E-state index is 5.47. The first-order valence-electron chi connectivity index (χ1n) is 7.16. The van der Waals surface area contributed by atoms with E-state index in [0.717, 1.165) is 29.2 Å². The highest BCUT2D eigenvalue weighted by Crippen LogP contribution is 2.20. The molecule has 0 amide bonds. The highest BCUT2D eigenvalue weighted by molar-refractivity contribution is 5.77. The van der Waals surface area contributed by atoms with E-state index in [-0.39, 0.29) is 0 Å². The van der Waals surface area contributed by atoms with Gasteiger partial charge in [-0.05, 0) is 44.0 Å². The Hall–Kier alpha value is -1.55. The molecule has 1 saturated heterocycles. The van der Waals surface area contributed by atoms with Crippen LogP contribution in [-0.2, 0) is 0 Å². The van der Waals surface area contributed by atoms with Gasteiger partial charge in [0.25, 0.3) is 0 Å². The van der Waals surface area contributed by atoms with E-state index in [9.17, 15) is 0 Å². The van der Waals surface area contributed by atoms with E-state index in [1.807, 2.05) is 13.0 Å². The average molecular weight is 259 g/mol. The van der Waals surface area contributed by atoms with Crippen LogP contribution >= 0.6 is 0 Å². The van der Waals surface area contributed by atoms with Crippen LogP contribution in [0.15, 0.2) is 22.6 Å². The van der Waals surface area contributed by atoms with Crippen LogP contribution in [0.25, 0.3) is 11.1 Å². The molecule has 1 aromatic heterocycles. The van der Waals surface area contributed by atoms with Gasteiger partial charge in [0, 0.05) is 25.2 Å². The quantitative estimate of drug-likeness (QED) is 0.886. The maximum Gasteiger partial charge on any atom is 0.192 e. The number of hydrogen-bond donors (Lipinski definition) is 2. The average Bonchev–Trinajstić information content (AvgIpc) is 2.79. The van der Waals surface area contributed by atoms with E-state index in [2.05, 4.69) is 27.8 Å². The summed E-state index contributed by atoms with van der Waals surface area (Å²) in [6.07, 6.45) is 5.17. The summed E-state index contributed by atoms with van der Waals surface area (Å²) < 4.78 is 5.47. The van der Waals surface area contributed by atoms with Crippen molar-refractivity contribution in [2.45, 2.75) is 38.6 Å². The van der Waals surface area contributed by atoms with Gasteiger partial charge < -0.3 is 15.1 Å². The number of rotatable bonds is 4. The molecule has 1 fully saturated rings. The van der Waals surface area contributed by atoms with Gasteiger partial charge in [0.05, 0.1) is 0 Å². The smallest absolute Gasteiger partial charge is 0.192 e. The van der Waals surface area contributed by atoms with Crippen molar-refractivity contribution >= 4 is 16.8 Å². The van der Waals surface area contributed by atoms with Crippen LogP contribution < -0.4 is 10.6 Å². The van der Waals surface area contributed by atoms with Gasteiger partial charge in [0.1, 0.15) is 5.52 Å². The predicted octanol–water partition coefficient (Wildman–Crippen LogP) is 3.08. The summed E-state index contributed by atoms with van der Waals surface area (Å²) in [5.41, 5.74) is 2.91. The van der Waals surface area contributed by atoms with Crippen molar-refractivity contribution < 1.29 is 4.42 Å². The number of anilines is 1. The van der Waals surface area contributed by atoms with Crippen molar-refractivity contribution in [1.82, 2.24) is 10.3 Å². The van der Waals surface area contributed by atoms with E-state index >= 15 is 0 Å². The van der Waals surface area contributed by atoms with E-state index < -0.39 is 0 Å². The highest BCUT2D eigenvalue weighted by atomic mass is 16.3. The molecular weight excluding hydrogens is 238 g/mol. The monoisotopic (exact) mass is 259 g/mol. The lowest BCUT2D eigenvalue weighted by Gasteiger charge is -2.23. The Kier molecular flexibility index (Phi) is 3.69. The fourth-order valence-electron chi connectivity index (χ4n) is 2.71. The molecule has 19 heavy (non-hydrogen) atoms.